The molecule has 3 heterocycles. The van der Waals surface area contributed by atoms with Gasteiger partial charge in [0, 0.05) is 23.9 Å². The highest BCUT2D eigenvalue weighted by molar-refractivity contribution is 5.90. The van der Waals surface area contributed by atoms with Crippen LogP contribution in [-0.4, -0.2) is 58.1 Å². The van der Waals surface area contributed by atoms with E-state index >= 15 is 0 Å². The Bertz CT molecular complexity index is 1610. The molecule has 1 aliphatic heterocycles. The second kappa shape index (κ2) is 12.3. The zero-order chi connectivity index (χ0) is 29.7. The molecular formula is C29H29F4N7O. The standard InChI is InChI=1S/C21H25N7.C8H4F4O/c1-14-4-6-16(23-2)12-15(14)5-7-18-19-20(22)24-13-25-21(19)28(26-18)17-8-10-27(3)11-9-17;9-7-2-1-5(4-13)3-6(7)8(10,11)12/h4,6,12-13,17,23H,8-11H2,1-3H3,(H2,22,24,25);1-4H. The number of rotatable bonds is 3. The lowest BCUT2D eigenvalue weighted by Gasteiger charge is -2.29. The van der Waals surface area contributed by atoms with Gasteiger partial charge in [-0.25, -0.2) is 19.0 Å². The highest BCUT2D eigenvalue weighted by atomic mass is 19.4. The first-order valence-electron chi connectivity index (χ1n) is 12.8. The molecule has 12 heteroatoms. The van der Waals surface area contributed by atoms with Gasteiger partial charge in [-0.3, -0.25) is 4.79 Å². The number of aryl methyl sites for hydroxylation is 1. The van der Waals surface area contributed by atoms with E-state index in [-0.39, 0.29) is 11.8 Å². The monoisotopic (exact) mass is 567 g/mol. The van der Waals surface area contributed by atoms with Crippen molar-refractivity contribution in [1.82, 2.24) is 24.6 Å². The van der Waals surface area contributed by atoms with Crippen LogP contribution in [0.2, 0.25) is 0 Å². The first-order valence-corrected chi connectivity index (χ1v) is 12.8. The fraction of sp³-hybridized carbons (Fsp3) is 0.310. The van der Waals surface area contributed by atoms with Crippen LogP contribution in [0.4, 0.5) is 29.1 Å². The van der Waals surface area contributed by atoms with Crippen molar-refractivity contribution in [3.8, 4) is 11.8 Å². The minimum Gasteiger partial charge on any atom is -0.388 e. The van der Waals surface area contributed by atoms with Crippen LogP contribution in [0, 0.1) is 24.6 Å². The lowest BCUT2D eigenvalue weighted by molar-refractivity contribution is -0.140. The summed E-state index contributed by atoms with van der Waals surface area (Å²) in [5.74, 6) is 5.53. The molecular weight excluding hydrogens is 538 g/mol. The largest absolute Gasteiger partial charge is 0.419 e. The molecule has 0 saturated carbocycles. The summed E-state index contributed by atoms with van der Waals surface area (Å²) in [4.78, 5) is 21.1. The van der Waals surface area contributed by atoms with Gasteiger partial charge in [0.1, 0.15) is 29.9 Å². The SMILES string of the molecule is CNc1ccc(C)c(C#Cc2nn(C3CCN(C)CC3)c3ncnc(N)c23)c1.O=Cc1ccc(F)c(C(F)(F)F)c1. The summed E-state index contributed by atoms with van der Waals surface area (Å²) < 4.78 is 50.6. The van der Waals surface area contributed by atoms with Gasteiger partial charge in [-0.1, -0.05) is 12.0 Å². The summed E-state index contributed by atoms with van der Waals surface area (Å²) in [6.45, 7) is 4.14. The van der Waals surface area contributed by atoms with E-state index in [1.54, 1.807) is 0 Å². The number of hydrogen-bond donors (Lipinski definition) is 2. The number of piperidine rings is 1. The van der Waals surface area contributed by atoms with Crippen molar-refractivity contribution in [2.45, 2.75) is 32.0 Å². The number of halogens is 4. The van der Waals surface area contributed by atoms with Crippen LogP contribution >= 0.6 is 0 Å². The van der Waals surface area contributed by atoms with Crippen LogP contribution < -0.4 is 11.1 Å². The Labute approximate surface area is 234 Å². The molecule has 2 aromatic carbocycles. The Balaban J connectivity index is 0.000000251. The van der Waals surface area contributed by atoms with Crippen LogP contribution in [0.1, 0.15) is 51.6 Å². The summed E-state index contributed by atoms with van der Waals surface area (Å²) in [6, 6.07) is 8.52. The van der Waals surface area contributed by atoms with E-state index in [4.69, 9.17) is 10.8 Å². The van der Waals surface area contributed by atoms with Gasteiger partial charge in [-0.2, -0.15) is 18.3 Å². The number of carbonyl (C=O) groups excluding carboxylic acids is 1. The van der Waals surface area contributed by atoms with Gasteiger partial charge in [0.15, 0.2) is 5.65 Å². The molecule has 4 aromatic rings. The molecule has 0 unspecified atom stereocenters. The number of likely N-dealkylation sites (tertiary alicyclic amines) is 1. The Morgan fingerprint density at radius 3 is 2.49 bits per heavy atom. The molecule has 8 nitrogen and oxygen atoms in total. The van der Waals surface area contributed by atoms with Crippen LogP contribution in [-0.2, 0) is 6.18 Å². The van der Waals surface area contributed by atoms with E-state index in [2.05, 4.69) is 52.1 Å². The normalized spacial score (nSPS) is 14.1. The molecule has 0 spiro atoms. The van der Waals surface area contributed by atoms with E-state index in [0.717, 1.165) is 59.8 Å². The number of nitrogen functional groups attached to an aromatic ring is 1. The minimum absolute atomic E-state index is 0.200. The van der Waals surface area contributed by atoms with Gasteiger partial charge in [0.25, 0.3) is 0 Å². The number of hydrogen-bond acceptors (Lipinski definition) is 7. The van der Waals surface area contributed by atoms with E-state index in [9.17, 15) is 22.4 Å². The summed E-state index contributed by atoms with van der Waals surface area (Å²) in [5.41, 5.74) is 9.08. The first-order chi connectivity index (χ1) is 19.5. The summed E-state index contributed by atoms with van der Waals surface area (Å²) >= 11 is 0. The van der Waals surface area contributed by atoms with E-state index < -0.39 is 17.6 Å². The second-order valence-electron chi connectivity index (χ2n) is 9.67. The number of aromatic nitrogens is 4. The van der Waals surface area contributed by atoms with Gasteiger partial charge >= 0.3 is 6.18 Å². The molecule has 5 rings (SSSR count). The number of alkyl halides is 3. The van der Waals surface area contributed by atoms with E-state index in [1.165, 1.54) is 6.33 Å². The quantitative estimate of drug-likeness (QED) is 0.202. The maximum absolute atomic E-state index is 12.6. The molecule has 2 aromatic heterocycles. The minimum atomic E-state index is -4.76. The molecule has 214 valence electrons. The zero-order valence-corrected chi connectivity index (χ0v) is 22.8. The Kier molecular flexibility index (Phi) is 8.88. The molecule has 3 N–H and O–H groups in total. The van der Waals surface area contributed by atoms with Crippen molar-refractivity contribution in [2.75, 3.05) is 38.2 Å². The van der Waals surface area contributed by atoms with Crippen molar-refractivity contribution in [3.63, 3.8) is 0 Å². The number of carbonyl (C=O) groups is 1. The van der Waals surface area contributed by atoms with Crippen LogP contribution in [0.3, 0.4) is 0 Å². The molecule has 0 radical (unpaired) electrons. The molecule has 41 heavy (non-hydrogen) atoms. The van der Waals surface area contributed by atoms with Crippen LogP contribution in [0.15, 0.2) is 42.7 Å². The number of nitrogens with zero attached hydrogens (tertiary/aromatic N) is 5. The molecule has 0 bridgehead atoms. The molecule has 0 amide bonds. The number of fused-ring (bicyclic) bond motifs is 1. The molecule has 0 aliphatic carbocycles. The van der Waals surface area contributed by atoms with E-state index in [1.807, 2.05) is 23.9 Å². The van der Waals surface area contributed by atoms with Crippen LogP contribution in [0.5, 0.6) is 0 Å². The van der Waals surface area contributed by atoms with Crippen molar-refractivity contribution in [2.24, 2.45) is 0 Å². The van der Waals surface area contributed by atoms with Crippen molar-refractivity contribution >= 4 is 28.8 Å². The highest BCUT2D eigenvalue weighted by Gasteiger charge is 2.34. The lowest BCUT2D eigenvalue weighted by Crippen LogP contribution is -2.32. The number of nitrogens with two attached hydrogens (primary N) is 1. The average Bonchev–Trinajstić information content (AvgIpc) is 3.33. The number of benzene rings is 2. The molecule has 1 saturated heterocycles. The van der Waals surface area contributed by atoms with Crippen LogP contribution in [0.25, 0.3) is 11.0 Å². The Morgan fingerprint density at radius 1 is 1.10 bits per heavy atom. The second-order valence-corrected chi connectivity index (χ2v) is 9.67. The third-order valence-electron chi connectivity index (χ3n) is 6.83. The zero-order valence-electron chi connectivity index (χ0n) is 22.8. The summed E-state index contributed by atoms with van der Waals surface area (Å²) in [5, 5.41) is 8.71. The van der Waals surface area contributed by atoms with E-state index in [0.29, 0.717) is 29.7 Å². The molecule has 1 fully saturated rings. The van der Waals surface area contributed by atoms with Gasteiger partial charge in [-0.15, -0.1) is 0 Å². The first kappa shape index (κ1) is 29.5. The fourth-order valence-corrected chi connectivity index (χ4v) is 4.45. The van der Waals surface area contributed by atoms with Crippen molar-refractivity contribution in [1.29, 1.82) is 0 Å². The number of anilines is 2. The van der Waals surface area contributed by atoms with Gasteiger partial charge in [-0.05, 0) is 81.7 Å². The highest BCUT2D eigenvalue weighted by Crippen LogP contribution is 2.32. The summed E-state index contributed by atoms with van der Waals surface area (Å²) in [6.07, 6.45) is -0.957. The van der Waals surface area contributed by atoms with Crippen molar-refractivity contribution < 1.29 is 22.4 Å². The lowest BCUT2D eigenvalue weighted by atomic mass is 10.1. The molecule has 0 atom stereocenters. The summed E-state index contributed by atoms with van der Waals surface area (Å²) in [7, 11) is 4.05. The van der Waals surface area contributed by atoms with Gasteiger partial charge in [0.05, 0.1) is 17.0 Å². The third kappa shape index (κ3) is 6.81. The maximum Gasteiger partial charge on any atom is 0.419 e. The average molecular weight is 568 g/mol. The maximum atomic E-state index is 12.6. The Morgan fingerprint density at radius 2 is 1.83 bits per heavy atom. The van der Waals surface area contributed by atoms with Gasteiger partial charge < -0.3 is 16.0 Å². The number of aldehydes is 1. The molecule has 1 aliphatic rings. The smallest absolute Gasteiger partial charge is 0.388 e. The Hall–Kier alpha value is -4.50. The number of nitrogens with one attached hydrogen (secondary N) is 1. The topological polar surface area (TPSA) is 102 Å². The fourth-order valence-electron chi connectivity index (χ4n) is 4.45. The van der Waals surface area contributed by atoms with Gasteiger partial charge in [0.2, 0.25) is 0 Å². The predicted molar refractivity (Wildman–Crippen MR) is 149 cm³/mol. The predicted octanol–water partition coefficient (Wildman–Crippen LogP) is 5.08. The van der Waals surface area contributed by atoms with Crippen molar-refractivity contribution in [3.05, 3.63) is 76.5 Å². The third-order valence-corrected chi connectivity index (χ3v) is 6.83.